The summed E-state index contributed by atoms with van der Waals surface area (Å²) >= 11 is 0. The van der Waals surface area contributed by atoms with Crippen LogP contribution in [0.25, 0.3) is 0 Å². The topological polar surface area (TPSA) is 120 Å². The van der Waals surface area contributed by atoms with E-state index < -0.39 is 0 Å². The van der Waals surface area contributed by atoms with Crippen molar-refractivity contribution in [3.8, 4) is 11.8 Å². The van der Waals surface area contributed by atoms with Gasteiger partial charge in [-0.2, -0.15) is 15.0 Å². The molecule has 2 heterocycles. The van der Waals surface area contributed by atoms with Crippen molar-refractivity contribution < 1.29 is 23.7 Å². The number of aromatic nitrogens is 3. The number of amides is 1. The van der Waals surface area contributed by atoms with Gasteiger partial charge in [0.25, 0.3) is 5.91 Å². The van der Waals surface area contributed by atoms with Gasteiger partial charge in [0.05, 0.1) is 39.6 Å². The third-order valence-corrected chi connectivity index (χ3v) is 5.32. The summed E-state index contributed by atoms with van der Waals surface area (Å²) in [6.07, 6.45) is 0. The molecule has 3 aromatic rings. The first-order chi connectivity index (χ1) is 18.3. The molecule has 196 valence electrons. The van der Waals surface area contributed by atoms with E-state index in [1.165, 1.54) is 0 Å². The minimum Gasteiger partial charge on any atom is -0.424 e. The summed E-state index contributed by atoms with van der Waals surface area (Å²) in [5, 5.41) is 6.00. The van der Waals surface area contributed by atoms with Gasteiger partial charge in [-0.05, 0) is 24.3 Å². The van der Waals surface area contributed by atoms with Crippen molar-refractivity contribution in [1.82, 2.24) is 20.3 Å². The lowest BCUT2D eigenvalue weighted by Crippen LogP contribution is -2.37. The lowest BCUT2D eigenvalue weighted by atomic mass is 10.2. The first kappa shape index (κ1) is 26.3. The number of rotatable bonds is 14. The summed E-state index contributed by atoms with van der Waals surface area (Å²) < 4.78 is 22.4. The standard InChI is InChI=1S/C26H32N6O5/c33-23(21-7-3-1-4-8-21)27-11-15-34-19-20-35-16-12-28-24-29-25(32-13-17-36-18-14-32)31-26(30-24)37-22-9-5-2-6-10-22/h1-10H,11-20H2,(H,27,33)(H,28,29,30,31). The van der Waals surface area contributed by atoms with Gasteiger partial charge >= 0.3 is 6.01 Å². The molecule has 1 amide bonds. The van der Waals surface area contributed by atoms with Crippen molar-refractivity contribution in [2.75, 3.05) is 76.0 Å². The minimum atomic E-state index is -0.112. The summed E-state index contributed by atoms with van der Waals surface area (Å²) in [7, 11) is 0. The van der Waals surface area contributed by atoms with Crippen LogP contribution in [0.2, 0.25) is 0 Å². The van der Waals surface area contributed by atoms with E-state index in [2.05, 4.69) is 25.6 Å². The Kier molecular flexibility index (Phi) is 10.4. The molecule has 37 heavy (non-hydrogen) atoms. The molecular formula is C26H32N6O5. The molecule has 0 bridgehead atoms. The number of nitrogens with one attached hydrogen (secondary N) is 2. The zero-order chi connectivity index (χ0) is 25.5. The monoisotopic (exact) mass is 508 g/mol. The van der Waals surface area contributed by atoms with Crippen LogP contribution in [0.3, 0.4) is 0 Å². The quantitative estimate of drug-likeness (QED) is 0.314. The Hall–Kier alpha value is -3.80. The van der Waals surface area contributed by atoms with Gasteiger partial charge in [0.2, 0.25) is 11.9 Å². The number of anilines is 2. The van der Waals surface area contributed by atoms with E-state index in [1.807, 2.05) is 53.4 Å². The number of ether oxygens (including phenoxy) is 4. The zero-order valence-electron chi connectivity index (χ0n) is 20.7. The maximum absolute atomic E-state index is 12.0. The summed E-state index contributed by atoms with van der Waals surface area (Å²) in [4.78, 5) is 27.4. The van der Waals surface area contributed by atoms with Gasteiger partial charge in [-0.3, -0.25) is 4.79 Å². The van der Waals surface area contributed by atoms with E-state index >= 15 is 0 Å². The molecule has 11 heteroatoms. The van der Waals surface area contributed by atoms with Gasteiger partial charge in [0.15, 0.2) is 0 Å². The molecule has 0 saturated carbocycles. The first-order valence-electron chi connectivity index (χ1n) is 12.3. The number of carbonyl (C=O) groups excluding carboxylic acids is 1. The fourth-order valence-electron chi connectivity index (χ4n) is 3.45. The molecule has 2 N–H and O–H groups in total. The van der Waals surface area contributed by atoms with Crippen LogP contribution in [-0.4, -0.2) is 86.7 Å². The van der Waals surface area contributed by atoms with Crippen LogP contribution in [0.4, 0.5) is 11.9 Å². The molecule has 2 aromatic carbocycles. The average molecular weight is 509 g/mol. The average Bonchev–Trinajstić information content (AvgIpc) is 2.95. The summed E-state index contributed by atoms with van der Waals surface area (Å²) in [6.45, 7) is 5.33. The highest BCUT2D eigenvalue weighted by Gasteiger charge is 2.17. The largest absolute Gasteiger partial charge is 0.424 e. The number of morpholine rings is 1. The molecule has 1 fully saturated rings. The molecule has 0 spiro atoms. The summed E-state index contributed by atoms with van der Waals surface area (Å²) in [5.74, 6) is 1.49. The van der Waals surface area contributed by atoms with E-state index in [4.69, 9.17) is 18.9 Å². The van der Waals surface area contributed by atoms with E-state index in [9.17, 15) is 4.79 Å². The Balaban J connectivity index is 1.15. The van der Waals surface area contributed by atoms with Gasteiger partial charge in [-0.1, -0.05) is 36.4 Å². The van der Waals surface area contributed by atoms with E-state index in [1.54, 1.807) is 12.1 Å². The lowest BCUT2D eigenvalue weighted by molar-refractivity contribution is 0.0519. The predicted octanol–water partition coefficient (Wildman–Crippen LogP) is 2.38. The highest BCUT2D eigenvalue weighted by molar-refractivity contribution is 5.94. The molecular weight excluding hydrogens is 476 g/mol. The second-order valence-corrected chi connectivity index (χ2v) is 8.03. The van der Waals surface area contributed by atoms with Crippen molar-refractivity contribution in [2.24, 2.45) is 0 Å². The number of para-hydroxylation sites is 1. The molecule has 0 unspecified atom stereocenters. The van der Waals surface area contributed by atoms with E-state index in [0.29, 0.717) is 89.0 Å². The fourth-order valence-corrected chi connectivity index (χ4v) is 3.45. The number of benzene rings is 2. The van der Waals surface area contributed by atoms with Crippen molar-refractivity contribution >= 4 is 17.8 Å². The number of carbonyl (C=O) groups is 1. The van der Waals surface area contributed by atoms with Gasteiger partial charge in [0, 0.05) is 31.7 Å². The molecule has 1 aliphatic heterocycles. The number of hydrogen-bond donors (Lipinski definition) is 2. The van der Waals surface area contributed by atoms with Crippen LogP contribution in [0, 0.1) is 0 Å². The SMILES string of the molecule is O=C(NCCOCCOCCNc1nc(Oc2ccccc2)nc(N2CCOCC2)n1)c1ccccc1. The Morgan fingerprint density at radius 1 is 0.838 bits per heavy atom. The van der Waals surface area contributed by atoms with E-state index in [0.717, 1.165) is 0 Å². The Morgan fingerprint density at radius 3 is 2.24 bits per heavy atom. The van der Waals surface area contributed by atoms with Crippen LogP contribution >= 0.6 is 0 Å². The fraction of sp³-hybridized carbons (Fsp3) is 0.385. The molecule has 0 atom stereocenters. The maximum Gasteiger partial charge on any atom is 0.328 e. The third-order valence-electron chi connectivity index (χ3n) is 5.32. The molecule has 1 saturated heterocycles. The van der Waals surface area contributed by atoms with Gasteiger partial charge < -0.3 is 34.5 Å². The van der Waals surface area contributed by atoms with Gasteiger partial charge in [-0.25, -0.2) is 0 Å². The summed E-state index contributed by atoms with van der Waals surface area (Å²) in [5.41, 5.74) is 0.632. The van der Waals surface area contributed by atoms with E-state index in [-0.39, 0.29) is 11.9 Å². The van der Waals surface area contributed by atoms with Crippen molar-refractivity contribution in [3.05, 3.63) is 66.2 Å². The second kappa shape index (κ2) is 14.7. The second-order valence-electron chi connectivity index (χ2n) is 8.03. The highest BCUT2D eigenvalue weighted by atomic mass is 16.5. The van der Waals surface area contributed by atoms with Crippen molar-refractivity contribution in [1.29, 1.82) is 0 Å². The minimum absolute atomic E-state index is 0.112. The van der Waals surface area contributed by atoms with Crippen LogP contribution < -0.4 is 20.3 Å². The Labute approximate surface area is 216 Å². The predicted molar refractivity (Wildman–Crippen MR) is 138 cm³/mol. The van der Waals surface area contributed by atoms with Crippen molar-refractivity contribution in [3.63, 3.8) is 0 Å². The van der Waals surface area contributed by atoms with Crippen LogP contribution in [0.1, 0.15) is 10.4 Å². The molecule has 0 aliphatic carbocycles. The molecule has 0 radical (unpaired) electrons. The van der Waals surface area contributed by atoms with Crippen LogP contribution in [0.15, 0.2) is 60.7 Å². The van der Waals surface area contributed by atoms with Crippen molar-refractivity contribution in [2.45, 2.75) is 0 Å². The van der Waals surface area contributed by atoms with Crippen LogP contribution in [-0.2, 0) is 14.2 Å². The number of nitrogens with zero attached hydrogens (tertiary/aromatic N) is 4. The third kappa shape index (κ3) is 8.98. The molecule has 11 nitrogen and oxygen atoms in total. The number of hydrogen-bond acceptors (Lipinski definition) is 10. The molecule has 1 aromatic heterocycles. The molecule has 1 aliphatic rings. The molecule has 4 rings (SSSR count). The van der Waals surface area contributed by atoms with Crippen LogP contribution in [0.5, 0.6) is 11.8 Å². The Bertz CT molecular complexity index is 1080. The smallest absolute Gasteiger partial charge is 0.328 e. The van der Waals surface area contributed by atoms with Gasteiger partial charge in [-0.15, -0.1) is 0 Å². The summed E-state index contributed by atoms with van der Waals surface area (Å²) in [6, 6.07) is 18.7. The first-order valence-corrected chi connectivity index (χ1v) is 12.3. The normalized spacial score (nSPS) is 13.2. The maximum atomic E-state index is 12.0. The lowest BCUT2D eigenvalue weighted by Gasteiger charge is -2.27. The van der Waals surface area contributed by atoms with Gasteiger partial charge in [0.1, 0.15) is 5.75 Å². The zero-order valence-corrected chi connectivity index (χ0v) is 20.7. The Morgan fingerprint density at radius 2 is 1.51 bits per heavy atom. The highest BCUT2D eigenvalue weighted by Crippen LogP contribution is 2.21.